The lowest BCUT2D eigenvalue weighted by atomic mass is 10.2. The standard InChI is InChI=1S/C15H27O6P/c1-10(4-7-13(16)17)22(11(2)5-8-14(18)19)12(3)6-9-15(20)21/h10-12H,4-9H2,1-3H3,(H,16,17)(H,18,19)(H,20,21). The second-order valence-corrected chi connectivity index (χ2v) is 9.33. The summed E-state index contributed by atoms with van der Waals surface area (Å²) in [5.41, 5.74) is 0.538. The molecule has 0 aromatic heterocycles. The Labute approximate surface area is 132 Å². The average molecular weight is 334 g/mol. The maximum absolute atomic E-state index is 10.7. The average Bonchev–Trinajstić information content (AvgIpc) is 2.40. The zero-order chi connectivity index (χ0) is 17.3. The van der Waals surface area contributed by atoms with Crippen LogP contribution in [0.25, 0.3) is 0 Å². The molecule has 0 spiro atoms. The number of hydrogen-bond donors (Lipinski definition) is 3. The monoisotopic (exact) mass is 334 g/mol. The summed E-state index contributed by atoms with van der Waals surface area (Å²) in [6.07, 6.45) is 1.94. The molecule has 0 amide bonds. The molecule has 3 unspecified atom stereocenters. The van der Waals surface area contributed by atoms with Crippen molar-refractivity contribution in [2.24, 2.45) is 0 Å². The van der Waals surface area contributed by atoms with Gasteiger partial charge in [0.2, 0.25) is 0 Å². The molecule has 0 radical (unpaired) electrons. The predicted octanol–water partition coefficient (Wildman–Crippen LogP) is 3.23. The van der Waals surface area contributed by atoms with Gasteiger partial charge in [0.1, 0.15) is 0 Å². The highest BCUT2D eigenvalue weighted by Crippen LogP contribution is 2.54. The minimum atomic E-state index is -0.835. The first-order valence-electron chi connectivity index (χ1n) is 7.58. The van der Waals surface area contributed by atoms with E-state index in [4.69, 9.17) is 15.3 Å². The van der Waals surface area contributed by atoms with E-state index in [1.54, 1.807) is 0 Å². The van der Waals surface area contributed by atoms with Crippen molar-refractivity contribution in [3.63, 3.8) is 0 Å². The van der Waals surface area contributed by atoms with Crippen molar-refractivity contribution >= 4 is 25.8 Å². The SMILES string of the molecule is CC(CCC(=O)O)P(C(C)CCC(=O)O)C(C)CCC(=O)O. The van der Waals surface area contributed by atoms with Gasteiger partial charge >= 0.3 is 17.9 Å². The fraction of sp³-hybridized carbons (Fsp3) is 0.800. The van der Waals surface area contributed by atoms with Crippen LogP contribution < -0.4 is 0 Å². The molecule has 0 aromatic rings. The lowest BCUT2D eigenvalue weighted by molar-refractivity contribution is -0.138. The molecule has 0 aromatic carbocycles. The van der Waals surface area contributed by atoms with E-state index in [9.17, 15) is 14.4 Å². The van der Waals surface area contributed by atoms with Gasteiger partial charge in [-0.1, -0.05) is 28.7 Å². The van der Waals surface area contributed by atoms with Crippen molar-refractivity contribution < 1.29 is 29.7 Å². The van der Waals surface area contributed by atoms with E-state index in [1.807, 2.05) is 20.8 Å². The zero-order valence-corrected chi connectivity index (χ0v) is 14.4. The van der Waals surface area contributed by atoms with Crippen LogP contribution in [0, 0.1) is 0 Å². The molecule has 0 aliphatic heterocycles. The normalized spacial score (nSPS) is 16.5. The molecule has 0 fully saturated rings. The quantitative estimate of drug-likeness (QED) is 0.472. The molecule has 0 aliphatic rings. The van der Waals surface area contributed by atoms with Crippen molar-refractivity contribution in [1.82, 2.24) is 0 Å². The van der Waals surface area contributed by atoms with Crippen LogP contribution >= 0.6 is 7.92 Å². The molecule has 3 atom stereocenters. The lowest BCUT2D eigenvalue weighted by Gasteiger charge is -2.35. The van der Waals surface area contributed by atoms with Crippen LogP contribution in [0.3, 0.4) is 0 Å². The van der Waals surface area contributed by atoms with Crippen LogP contribution in [0.1, 0.15) is 59.3 Å². The molecule has 0 saturated heterocycles. The molecular weight excluding hydrogens is 307 g/mol. The van der Waals surface area contributed by atoms with Gasteiger partial charge in [0, 0.05) is 19.3 Å². The van der Waals surface area contributed by atoms with Crippen LogP contribution in [0.4, 0.5) is 0 Å². The number of hydrogen-bond acceptors (Lipinski definition) is 3. The van der Waals surface area contributed by atoms with E-state index in [2.05, 4.69) is 0 Å². The second-order valence-electron chi connectivity index (χ2n) is 5.79. The first-order valence-corrected chi connectivity index (χ1v) is 9.12. The third-order valence-corrected chi connectivity index (χ3v) is 7.68. The lowest BCUT2D eigenvalue weighted by Crippen LogP contribution is -2.20. The molecule has 128 valence electrons. The van der Waals surface area contributed by atoms with Gasteiger partial charge in [0.05, 0.1) is 0 Å². The highest BCUT2D eigenvalue weighted by molar-refractivity contribution is 7.59. The van der Waals surface area contributed by atoms with Gasteiger partial charge < -0.3 is 15.3 Å². The van der Waals surface area contributed by atoms with Gasteiger partial charge in [-0.05, 0) is 36.2 Å². The molecule has 0 saturated carbocycles. The van der Waals surface area contributed by atoms with Crippen LogP contribution in [-0.2, 0) is 14.4 Å². The van der Waals surface area contributed by atoms with Gasteiger partial charge in [-0.3, -0.25) is 14.4 Å². The Hall–Kier alpha value is -1.16. The number of carbonyl (C=O) groups is 3. The third kappa shape index (κ3) is 8.98. The Morgan fingerprint density at radius 2 is 0.909 bits per heavy atom. The fourth-order valence-electron chi connectivity index (χ4n) is 2.75. The summed E-state index contributed by atoms with van der Waals surface area (Å²) in [4.78, 5) is 32.2. The minimum absolute atomic E-state index is 0.0945. The summed E-state index contributed by atoms with van der Waals surface area (Å²) in [7, 11) is -0.626. The van der Waals surface area contributed by atoms with Crippen molar-refractivity contribution in [3.05, 3.63) is 0 Å². The highest BCUT2D eigenvalue weighted by Gasteiger charge is 2.29. The summed E-state index contributed by atoms with van der Waals surface area (Å²) in [5, 5.41) is 26.5. The molecule has 0 aliphatic carbocycles. The number of carboxylic acids is 3. The zero-order valence-electron chi connectivity index (χ0n) is 13.5. The fourth-order valence-corrected chi connectivity index (χ4v) is 6.64. The predicted molar refractivity (Wildman–Crippen MR) is 85.9 cm³/mol. The maximum Gasteiger partial charge on any atom is 0.303 e. The van der Waals surface area contributed by atoms with Crippen LogP contribution in [-0.4, -0.2) is 50.2 Å². The van der Waals surface area contributed by atoms with E-state index < -0.39 is 25.8 Å². The molecule has 0 rings (SSSR count). The molecule has 0 bridgehead atoms. The topological polar surface area (TPSA) is 112 Å². The largest absolute Gasteiger partial charge is 0.481 e. The number of aliphatic carboxylic acids is 3. The number of rotatable bonds is 12. The molecule has 22 heavy (non-hydrogen) atoms. The first-order chi connectivity index (χ1) is 10.1. The van der Waals surface area contributed by atoms with Gasteiger partial charge in [0.15, 0.2) is 0 Å². The highest BCUT2D eigenvalue weighted by atomic mass is 31.1. The Kier molecular flexibility index (Phi) is 9.99. The van der Waals surface area contributed by atoms with Gasteiger partial charge in [0.25, 0.3) is 0 Å². The van der Waals surface area contributed by atoms with Crippen molar-refractivity contribution in [2.45, 2.75) is 76.3 Å². The molecule has 0 heterocycles. The van der Waals surface area contributed by atoms with Crippen LogP contribution in [0.5, 0.6) is 0 Å². The molecule has 6 nitrogen and oxygen atoms in total. The van der Waals surface area contributed by atoms with Gasteiger partial charge in [-0.25, -0.2) is 0 Å². The third-order valence-electron chi connectivity index (χ3n) is 3.85. The number of carboxylic acid groups (broad SMARTS) is 3. The summed E-state index contributed by atoms with van der Waals surface area (Å²) in [6, 6.07) is 0. The van der Waals surface area contributed by atoms with E-state index in [1.165, 1.54) is 0 Å². The summed E-state index contributed by atoms with van der Waals surface area (Å²) < 4.78 is 0. The van der Waals surface area contributed by atoms with E-state index in [-0.39, 0.29) is 36.2 Å². The van der Waals surface area contributed by atoms with Crippen molar-refractivity contribution in [1.29, 1.82) is 0 Å². The van der Waals surface area contributed by atoms with Gasteiger partial charge in [-0.15, -0.1) is 0 Å². The van der Waals surface area contributed by atoms with Gasteiger partial charge in [-0.2, -0.15) is 0 Å². The molecule has 7 heteroatoms. The smallest absolute Gasteiger partial charge is 0.303 e. The van der Waals surface area contributed by atoms with Crippen LogP contribution in [0.2, 0.25) is 0 Å². The Bertz CT molecular complexity index is 327. The summed E-state index contributed by atoms with van der Waals surface area (Å²) in [5.74, 6) is -2.51. The van der Waals surface area contributed by atoms with Crippen molar-refractivity contribution in [3.8, 4) is 0 Å². The Morgan fingerprint density at radius 3 is 1.09 bits per heavy atom. The summed E-state index contributed by atoms with van der Waals surface area (Å²) in [6.45, 7) is 6.01. The molecular formula is C15H27O6P. The Morgan fingerprint density at radius 1 is 0.682 bits per heavy atom. The van der Waals surface area contributed by atoms with Crippen LogP contribution in [0.15, 0.2) is 0 Å². The summed E-state index contributed by atoms with van der Waals surface area (Å²) >= 11 is 0. The second kappa shape index (κ2) is 10.5. The van der Waals surface area contributed by atoms with E-state index in [0.717, 1.165) is 0 Å². The van der Waals surface area contributed by atoms with E-state index in [0.29, 0.717) is 19.3 Å². The minimum Gasteiger partial charge on any atom is -0.481 e. The maximum atomic E-state index is 10.7. The first kappa shape index (κ1) is 20.8. The van der Waals surface area contributed by atoms with Crippen molar-refractivity contribution in [2.75, 3.05) is 0 Å². The van der Waals surface area contributed by atoms with E-state index >= 15 is 0 Å². The Balaban J connectivity index is 4.81. The molecule has 3 N–H and O–H groups in total.